The molecule has 1 aromatic rings. The Labute approximate surface area is 112 Å². The molecule has 0 aromatic heterocycles. The summed E-state index contributed by atoms with van der Waals surface area (Å²) in [6.45, 7) is 5.13. The van der Waals surface area contributed by atoms with Crippen molar-refractivity contribution in [2.45, 2.75) is 13.3 Å². The Kier molecular flexibility index (Phi) is 7.24. The lowest BCUT2D eigenvalue weighted by Crippen LogP contribution is -2.10. The zero-order valence-corrected chi connectivity index (χ0v) is 12.0. The fraction of sp³-hybridized carbons (Fsp3) is 0.538. The molecular weight excluding hydrogens is 282 g/mol. The first-order valence-electron chi connectivity index (χ1n) is 5.80. The Morgan fingerprint density at radius 2 is 2.06 bits per heavy atom. The molecule has 0 amide bonds. The minimum atomic E-state index is 0.717. The highest BCUT2D eigenvalue weighted by Crippen LogP contribution is 2.20. The molecule has 0 unspecified atom stereocenters. The SMILES string of the molecule is COCCCOCCNc1ccc(C)c(Br)c1. The summed E-state index contributed by atoms with van der Waals surface area (Å²) in [5.41, 5.74) is 2.36. The highest BCUT2D eigenvalue weighted by molar-refractivity contribution is 9.10. The predicted molar refractivity (Wildman–Crippen MR) is 74.7 cm³/mol. The van der Waals surface area contributed by atoms with Gasteiger partial charge in [0, 0.05) is 37.0 Å². The van der Waals surface area contributed by atoms with Gasteiger partial charge in [0.15, 0.2) is 0 Å². The number of methoxy groups -OCH3 is 1. The zero-order valence-electron chi connectivity index (χ0n) is 10.5. The molecule has 0 aliphatic carbocycles. The molecule has 1 N–H and O–H groups in total. The number of nitrogens with one attached hydrogen (secondary N) is 1. The molecular formula is C13H20BrNO2. The van der Waals surface area contributed by atoms with E-state index >= 15 is 0 Å². The van der Waals surface area contributed by atoms with Gasteiger partial charge in [-0.3, -0.25) is 0 Å². The molecule has 0 radical (unpaired) electrons. The van der Waals surface area contributed by atoms with E-state index in [4.69, 9.17) is 9.47 Å². The first kappa shape index (κ1) is 14.5. The van der Waals surface area contributed by atoms with Gasteiger partial charge in [-0.1, -0.05) is 22.0 Å². The van der Waals surface area contributed by atoms with Crippen LogP contribution in [0.2, 0.25) is 0 Å². The molecule has 0 aliphatic rings. The van der Waals surface area contributed by atoms with Gasteiger partial charge in [0.2, 0.25) is 0 Å². The van der Waals surface area contributed by atoms with Crippen molar-refractivity contribution in [3.05, 3.63) is 28.2 Å². The number of hydrogen-bond donors (Lipinski definition) is 1. The van der Waals surface area contributed by atoms with Crippen LogP contribution in [0, 0.1) is 6.92 Å². The van der Waals surface area contributed by atoms with Gasteiger partial charge < -0.3 is 14.8 Å². The summed E-state index contributed by atoms with van der Waals surface area (Å²) in [4.78, 5) is 0. The smallest absolute Gasteiger partial charge is 0.0639 e. The number of ether oxygens (including phenoxy) is 2. The van der Waals surface area contributed by atoms with Crippen LogP contribution in [0.1, 0.15) is 12.0 Å². The van der Waals surface area contributed by atoms with Gasteiger partial charge in [-0.15, -0.1) is 0 Å². The number of hydrogen-bond acceptors (Lipinski definition) is 3. The van der Waals surface area contributed by atoms with Crippen LogP contribution in [0.15, 0.2) is 22.7 Å². The molecule has 0 aliphatic heterocycles. The minimum Gasteiger partial charge on any atom is -0.385 e. The molecule has 96 valence electrons. The van der Waals surface area contributed by atoms with Gasteiger partial charge in [-0.2, -0.15) is 0 Å². The number of anilines is 1. The standard InChI is InChI=1S/C13H20BrNO2/c1-11-4-5-12(10-13(11)14)15-6-9-17-8-3-7-16-2/h4-5,10,15H,3,6-9H2,1-2H3. The summed E-state index contributed by atoms with van der Waals surface area (Å²) in [6, 6.07) is 6.25. The van der Waals surface area contributed by atoms with E-state index in [0.717, 1.165) is 42.9 Å². The van der Waals surface area contributed by atoms with Gasteiger partial charge >= 0.3 is 0 Å². The molecule has 0 saturated carbocycles. The van der Waals surface area contributed by atoms with Gasteiger partial charge in [0.25, 0.3) is 0 Å². The third kappa shape index (κ3) is 6.05. The van der Waals surface area contributed by atoms with Crippen LogP contribution in [0.5, 0.6) is 0 Å². The number of aryl methyl sites for hydroxylation is 1. The lowest BCUT2D eigenvalue weighted by molar-refractivity contribution is 0.109. The van der Waals surface area contributed by atoms with Crippen molar-refractivity contribution >= 4 is 21.6 Å². The molecule has 1 rings (SSSR count). The third-order valence-corrected chi connectivity index (χ3v) is 3.24. The minimum absolute atomic E-state index is 0.717. The summed E-state index contributed by atoms with van der Waals surface area (Å²) in [5.74, 6) is 0. The van der Waals surface area contributed by atoms with Gasteiger partial charge in [-0.25, -0.2) is 0 Å². The molecule has 0 saturated heterocycles. The van der Waals surface area contributed by atoms with Gasteiger partial charge in [0.05, 0.1) is 6.61 Å². The normalized spacial score (nSPS) is 10.5. The number of rotatable bonds is 8. The first-order chi connectivity index (χ1) is 8.24. The summed E-state index contributed by atoms with van der Waals surface area (Å²) in [5, 5.41) is 3.32. The molecule has 0 atom stereocenters. The molecule has 3 nitrogen and oxygen atoms in total. The maximum atomic E-state index is 5.46. The second kappa shape index (κ2) is 8.50. The fourth-order valence-electron chi connectivity index (χ4n) is 1.38. The maximum Gasteiger partial charge on any atom is 0.0639 e. The van der Waals surface area contributed by atoms with E-state index in [1.807, 2.05) is 0 Å². The Hall–Kier alpha value is -0.580. The van der Waals surface area contributed by atoms with Crippen molar-refractivity contribution < 1.29 is 9.47 Å². The average molecular weight is 302 g/mol. The fourth-order valence-corrected chi connectivity index (χ4v) is 1.76. The van der Waals surface area contributed by atoms with Gasteiger partial charge in [-0.05, 0) is 31.0 Å². The molecule has 0 heterocycles. The van der Waals surface area contributed by atoms with Crippen LogP contribution >= 0.6 is 15.9 Å². The van der Waals surface area contributed by atoms with Crippen molar-refractivity contribution in [3.63, 3.8) is 0 Å². The molecule has 0 bridgehead atoms. The molecule has 0 spiro atoms. The van der Waals surface area contributed by atoms with Crippen molar-refractivity contribution in [1.29, 1.82) is 0 Å². The number of benzene rings is 1. The van der Waals surface area contributed by atoms with Crippen LogP contribution in [0.3, 0.4) is 0 Å². The lowest BCUT2D eigenvalue weighted by Gasteiger charge is -2.08. The largest absolute Gasteiger partial charge is 0.385 e. The first-order valence-corrected chi connectivity index (χ1v) is 6.60. The molecule has 1 aromatic carbocycles. The van der Waals surface area contributed by atoms with Gasteiger partial charge in [0.1, 0.15) is 0 Å². The van der Waals surface area contributed by atoms with E-state index in [0.29, 0.717) is 0 Å². The van der Waals surface area contributed by atoms with Crippen molar-refractivity contribution in [1.82, 2.24) is 0 Å². The van der Waals surface area contributed by atoms with Crippen molar-refractivity contribution in [3.8, 4) is 0 Å². The van der Waals surface area contributed by atoms with Crippen LogP contribution in [-0.4, -0.2) is 33.5 Å². The van der Waals surface area contributed by atoms with Crippen LogP contribution in [-0.2, 0) is 9.47 Å². The quantitative estimate of drug-likeness (QED) is 0.748. The van der Waals surface area contributed by atoms with Crippen LogP contribution < -0.4 is 5.32 Å². The van der Waals surface area contributed by atoms with E-state index in [9.17, 15) is 0 Å². The third-order valence-electron chi connectivity index (χ3n) is 2.38. The second-order valence-corrected chi connectivity index (χ2v) is 4.70. The molecule has 0 fully saturated rings. The predicted octanol–water partition coefficient (Wildman–Crippen LogP) is 3.22. The van der Waals surface area contributed by atoms with E-state index < -0.39 is 0 Å². The summed E-state index contributed by atoms with van der Waals surface area (Å²) < 4.78 is 11.5. The maximum absolute atomic E-state index is 5.46. The van der Waals surface area contributed by atoms with E-state index in [1.165, 1.54) is 5.56 Å². The van der Waals surface area contributed by atoms with Crippen LogP contribution in [0.25, 0.3) is 0 Å². The Morgan fingerprint density at radius 3 is 2.76 bits per heavy atom. The van der Waals surface area contributed by atoms with Crippen LogP contribution in [0.4, 0.5) is 5.69 Å². The van der Waals surface area contributed by atoms with Crippen molar-refractivity contribution in [2.75, 3.05) is 38.8 Å². The second-order valence-electron chi connectivity index (χ2n) is 3.85. The van der Waals surface area contributed by atoms with E-state index in [2.05, 4.69) is 46.4 Å². The van der Waals surface area contributed by atoms with E-state index in [1.54, 1.807) is 7.11 Å². The Balaban J connectivity index is 2.11. The Bertz CT molecular complexity index is 331. The topological polar surface area (TPSA) is 30.5 Å². The zero-order chi connectivity index (χ0) is 12.5. The highest BCUT2D eigenvalue weighted by Gasteiger charge is 1.96. The van der Waals surface area contributed by atoms with E-state index in [-0.39, 0.29) is 0 Å². The summed E-state index contributed by atoms with van der Waals surface area (Å²) >= 11 is 3.51. The molecule has 17 heavy (non-hydrogen) atoms. The monoisotopic (exact) mass is 301 g/mol. The average Bonchev–Trinajstić information content (AvgIpc) is 2.32. The Morgan fingerprint density at radius 1 is 1.24 bits per heavy atom. The lowest BCUT2D eigenvalue weighted by atomic mass is 10.2. The highest BCUT2D eigenvalue weighted by atomic mass is 79.9. The number of halogens is 1. The summed E-state index contributed by atoms with van der Waals surface area (Å²) in [7, 11) is 1.71. The summed E-state index contributed by atoms with van der Waals surface area (Å²) in [6.07, 6.45) is 0.951. The molecule has 4 heteroatoms. The van der Waals surface area contributed by atoms with Crippen molar-refractivity contribution in [2.24, 2.45) is 0 Å².